The molecule has 1 aliphatic heterocycles. The number of hydrogen-bond acceptors (Lipinski definition) is 3. The molecule has 1 aromatic rings. The topological polar surface area (TPSA) is 41.6 Å². The van der Waals surface area contributed by atoms with Crippen molar-refractivity contribution < 1.29 is 9.53 Å². The third-order valence-corrected chi connectivity index (χ3v) is 4.14. The fourth-order valence-corrected chi connectivity index (χ4v) is 2.51. The van der Waals surface area contributed by atoms with E-state index in [1.165, 1.54) is 0 Å². The van der Waals surface area contributed by atoms with Crippen molar-refractivity contribution >= 4 is 41.5 Å². The van der Waals surface area contributed by atoms with Crippen molar-refractivity contribution in [2.24, 2.45) is 0 Å². The normalized spacial score (nSPS) is 18.0. The van der Waals surface area contributed by atoms with Crippen LogP contribution in [0.4, 0.5) is 0 Å². The van der Waals surface area contributed by atoms with E-state index < -0.39 is 0 Å². The number of morpholine rings is 1. The van der Waals surface area contributed by atoms with Crippen molar-refractivity contribution in [3.05, 3.63) is 33.8 Å². The second-order valence-corrected chi connectivity index (χ2v) is 5.68. The van der Waals surface area contributed by atoms with Crippen LogP contribution in [0.15, 0.2) is 18.2 Å². The number of benzene rings is 1. The molecule has 2 rings (SSSR count). The number of carbonyl (C=O) groups excluding carboxylic acids is 1. The van der Waals surface area contributed by atoms with E-state index in [1.807, 2.05) is 12.1 Å². The summed E-state index contributed by atoms with van der Waals surface area (Å²) in [5.41, 5.74) is 0.850. The molecule has 0 spiro atoms. The lowest BCUT2D eigenvalue weighted by molar-refractivity contribution is -0.131. The highest BCUT2D eigenvalue weighted by atomic mass is 35.5. The molecule has 0 aliphatic carbocycles. The highest BCUT2D eigenvalue weighted by molar-refractivity contribution is 6.42. The Morgan fingerprint density at radius 1 is 1.48 bits per heavy atom. The molecule has 1 unspecified atom stereocenters. The van der Waals surface area contributed by atoms with Crippen LogP contribution in [-0.2, 0) is 16.1 Å². The van der Waals surface area contributed by atoms with E-state index in [-0.39, 0.29) is 24.4 Å². The molecule has 0 aromatic heterocycles. The van der Waals surface area contributed by atoms with Crippen LogP contribution in [-0.4, -0.2) is 43.7 Å². The molecule has 1 fully saturated rings. The van der Waals surface area contributed by atoms with E-state index in [4.69, 9.17) is 27.9 Å². The monoisotopic (exact) mass is 352 g/mol. The fraction of sp³-hybridized carbons (Fsp3) is 0.500. The minimum Gasteiger partial charge on any atom is -0.378 e. The van der Waals surface area contributed by atoms with E-state index in [2.05, 4.69) is 5.32 Å². The average Bonchev–Trinajstić information content (AvgIpc) is 2.45. The quantitative estimate of drug-likeness (QED) is 0.905. The van der Waals surface area contributed by atoms with E-state index in [9.17, 15) is 4.79 Å². The van der Waals surface area contributed by atoms with Crippen LogP contribution < -0.4 is 5.32 Å². The number of nitrogens with zero attached hydrogens (tertiary/aromatic N) is 1. The summed E-state index contributed by atoms with van der Waals surface area (Å²) in [4.78, 5) is 13.8. The van der Waals surface area contributed by atoms with Crippen molar-refractivity contribution in [3.63, 3.8) is 0 Å². The zero-order valence-electron chi connectivity index (χ0n) is 11.8. The Morgan fingerprint density at radius 3 is 2.90 bits per heavy atom. The minimum absolute atomic E-state index is 0. The number of nitrogens with one attached hydrogen (secondary N) is 1. The van der Waals surface area contributed by atoms with Crippen LogP contribution in [0.2, 0.25) is 10.0 Å². The summed E-state index contributed by atoms with van der Waals surface area (Å²) in [6.45, 7) is 2.53. The standard InChI is InChI=1S/C14H18Cl2N2O2.ClH/c1-18(8-10-3-2-4-12(15)14(10)16)13(19)7-11-9-20-6-5-17-11;/h2-4,11,17H,5-9H2,1H3;1H. The minimum atomic E-state index is 0. The van der Waals surface area contributed by atoms with E-state index in [0.717, 1.165) is 12.1 Å². The largest absolute Gasteiger partial charge is 0.378 e. The lowest BCUT2D eigenvalue weighted by Gasteiger charge is -2.26. The number of ether oxygens (including phenoxy) is 1. The summed E-state index contributed by atoms with van der Waals surface area (Å²) in [7, 11) is 1.77. The number of hydrogen-bond donors (Lipinski definition) is 1. The second kappa shape index (κ2) is 8.81. The SMILES string of the molecule is CN(Cc1cccc(Cl)c1Cl)C(=O)CC1COCCN1.Cl. The summed E-state index contributed by atoms with van der Waals surface area (Å²) >= 11 is 12.1. The Bertz CT molecular complexity index is 479. The molecule has 118 valence electrons. The smallest absolute Gasteiger partial charge is 0.224 e. The molecule has 1 amide bonds. The predicted molar refractivity (Wildman–Crippen MR) is 87.4 cm³/mol. The first-order valence-electron chi connectivity index (χ1n) is 6.56. The number of carbonyl (C=O) groups is 1. The maximum atomic E-state index is 12.2. The summed E-state index contributed by atoms with van der Waals surface area (Å²) in [5.74, 6) is 0.0593. The van der Waals surface area contributed by atoms with Gasteiger partial charge in [0.25, 0.3) is 0 Å². The van der Waals surface area contributed by atoms with Gasteiger partial charge in [-0.15, -0.1) is 12.4 Å². The van der Waals surface area contributed by atoms with Crippen LogP contribution in [0.3, 0.4) is 0 Å². The van der Waals surface area contributed by atoms with Gasteiger partial charge in [0, 0.05) is 32.6 Å². The Labute approximate surface area is 141 Å². The number of rotatable bonds is 4. The molecule has 0 radical (unpaired) electrons. The van der Waals surface area contributed by atoms with Gasteiger partial charge in [0.15, 0.2) is 0 Å². The van der Waals surface area contributed by atoms with E-state index >= 15 is 0 Å². The van der Waals surface area contributed by atoms with Gasteiger partial charge in [0.2, 0.25) is 5.91 Å². The Hall–Kier alpha value is -0.520. The average molecular weight is 354 g/mol. The second-order valence-electron chi connectivity index (χ2n) is 4.89. The van der Waals surface area contributed by atoms with Gasteiger partial charge in [0.05, 0.1) is 23.3 Å². The molecule has 1 aliphatic rings. The zero-order valence-corrected chi connectivity index (χ0v) is 14.1. The first kappa shape index (κ1) is 18.5. The van der Waals surface area contributed by atoms with Gasteiger partial charge in [-0.2, -0.15) is 0 Å². The van der Waals surface area contributed by atoms with Gasteiger partial charge in [-0.1, -0.05) is 35.3 Å². The molecule has 0 saturated carbocycles. The first-order chi connectivity index (χ1) is 9.58. The summed E-state index contributed by atoms with van der Waals surface area (Å²) in [6, 6.07) is 5.53. The molecule has 1 N–H and O–H groups in total. The van der Waals surface area contributed by atoms with Crippen LogP contribution in [0.25, 0.3) is 0 Å². The van der Waals surface area contributed by atoms with Crippen LogP contribution >= 0.6 is 35.6 Å². The maximum absolute atomic E-state index is 12.2. The molecule has 4 nitrogen and oxygen atoms in total. The van der Waals surface area contributed by atoms with Gasteiger partial charge >= 0.3 is 0 Å². The zero-order chi connectivity index (χ0) is 14.5. The summed E-state index contributed by atoms with van der Waals surface area (Å²) < 4.78 is 5.34. The lowest BCUT2D eigenvalue weighted by Crippen LogP contribution is -2.44. The van der Waals surface area contributed by atoms with Gasteiger partial charge in [-0.05, 0) is 11.6 Å². The Balaban J connectivity index is 0.00000220. The molecule has 1 aromatic carbocycles. The third kappa shape index (κ3) is 5.31. The Kier molecular flexibility index (Phi) is 7.77. The maximum Gasteiger partial charge on any atom is 0.224 e. The number of amides is 1. The number of halogens is 3. The molecule has 0 bridgehead atoms. The van der Waals surface area contributed by atoms with Crippen molar-refractivity contribution in [1.29, 1.82) is 0 Å². The third-order valence-electron chi connectivity index (χ3n) is 3.28. The lowest BCUT2D eigenvalue weighted by atomic mass is 10.1. The van der Waals surface area contributed by atoms with Crippen LogP contribution in [0.5, 0.6) is 0 Å². The van der Waals surface area contributed by atoms with Gasteiger partial charge in [-0.3, -0.25) is 4.79 Å². The fourth-order valence-electron chi connectivity index (χ4n) is 2.13. The van der Waals surface area contributed by atoms with Crippen LogP contribution in [0, 0.1) is 0 Å². The summed E-state index contributed by atoms with van der Waals surface area (Å²) in [6.07, 6.45) is 0.425. The first-order valence-corrected chi connectivity index (χ1v) is 7.31. The molecule has 21 heavy (non-hydrogen) atoms. The van der Waals surface area contributed by atoms with Crippen LogP contribution in [0.1, 0.15) is 12.0 Å². The van der Waals surface area contributed by atoms with Crippen molar-refractivity contribution in [3.8, 4) is 0 Å². The highest BCUT2D eigenvalue weighted by Gasteiger charge is 2.20. The molecule has 1 atom stereocenters. The molecular weight excluding hydrogens is 335 g/mol. The van der Waals surface area contributed by atoms with Gasteiger partial charge in [0.1, 0.15) is 0 Å². The van der Waals surface area contributed by atoms with Crippen molar-refractivity contribution in [2.45, 2.75) is 19.0 Å². The van der Waals surface area contributed by atoms with E-state index in [0.29, 0.717) is 36.2 Å². The van der Waals surface area contributed by atoms with Crippen molar-refractivity contribution in [1.82, 2.24) is 10.2 Å². The molecule has 1 saturated heterocycles. The summed E-state index contributed by atoms with van der Waals surface area (Å²) in [5, 5.41) is 4.28. The predicted octanol–water partition coefficient (Wildman–Crippen LogP) is 2.75. The molecular formula is C14H19Cl3N2O2. The van der Waals surface area contributed by atoms with E-state index in [1.54, 1.807) is 18.0 Å². The Morgan fingerprint density at radius 2 is 2.24 bits per heavy atom. The van der Waals surface area contributed by atoms with Gasteiger partial charge < -0.3 is 15.0 Å². The molecule has 7 heteroatoms. The van der Waals surface area contributed by atoms with Crippen molar-refractivity contribution in [2.75, 3.05) is 26.8 Å². The highest BCUT2D eigenvalue weighted by Crippen LogP contribution is 2.26. The van der Waals surface area contributed by atoms with Gasteiger partial charge in [-0.25, -0.2) is 0 Å². The molecule has 1 heterocycles.